The minimum absolute atomic E-state index is 0.0650. The molecule has 2 aromatic carbocycles. The Kier molecular flexibility index (Phi) is 9.02. The number of carbonyl (C=O) groups excluding carboxylic acids is 2. The molecule has 1 amide bonds. The summed E-state index contributed by atoms with van der Waals surface area (Å²) in [5, 5.41) is 4.81. The van der Waals surface area contributed by atoms with Crippen molar-refractivity contribution in [3.63, 3.8) is 0 Å². The normalized spacial score (nSPS) is 19.6. The van der Waals surface area contributed by atoms with Crippen LogP contribution in [0.4, 0.5) is 23.9 Å². The van der Waals surface area contributed by atoms with Gasteiger partial charge in [-0.3, -0.25) is 4.79 Å². The summed E-state index contributed by atoms with van der Waals surface area (Å²) in [5.74, 6) is -1.70. The number of hydrogen-bond donors (Lipinski definition) is 1. The molecule has 0 spiro atoms. The highest BCUT2D eigenvalue weighted by Crippen LogP contribution is 2.51. The van der Waals surface area contributed by atoms with Crippen LogP contribution in [0.1, 0.15) is 51.2 Å². The molecule has 0 bridgehead atoms. The summed E-state index contributed by atoms with van der Waals surface area (Å²) in [6.45, 7) is 8.50. The SMILES string of the molecule is Cc1ccc2c(CC(=O)C3CC3C(F)(F)F)cccc2c1Oc1ncccc1-c1ccnc(N[C@H]2CCCN(C(=O)OC(C)(C)C)C2)n1. The first kappa shape index (κ1) is 33.2. The van der Waals surface area contributed by atoms with E-state index in [0.29, 0.717) is 47.5 Å². The van der Waals surface area contributed by atoms with E-state index in [-0.39, 0.29) is 25.0 Å². The first-order valence-electron chi connectivity index (χ1n) is 16.1. The number of Topliss-reactive ketones (excluding diaryl/α,β-unsaturated/α-hetero) is 1. The van der Waals surface area contributed by atoms with Crippen LogP contribution in [0.5, 0.6) is 11.6 Å². The third-order valence-corrected chi connectivity index (χ3v) is 8.60. The van der Waals surface area contributed by atoms with Gasteiger partial charge in [0.15, 0.2) is 0 Å². The monoisotopic (exact) mass is 661 g/mol. The quantitative estimate of drug-likeness (QED) is 0.203. The minimum atomic E-state index is -4.35. The molecule has 3 heterocycles. The van der Waals surface area contributed by atoms with Gasteiger partial charge in [0.05, 0.1) is 17.2 Å². The number of nitrogens with zero attached hydrogens (tertiary/aromatic N) is 4. The molecule has 1 saturated carbocycles. The molecule has 252 valence electrons. The predicted molar refractivity (Wildman–Crippen MR) is 175 cm³/mol. The largest absolute Gasteiger partial charge is 0.444 e. The van der Waals surface area contributed by atoms with Gasteiger partial charge in [-0.25, -0.2) is 19.7 Å². The molecule has 48 heavy (non-hydrogen) atoms. The number of fused-ring (bicyclic) bond motifs is 1. The maximum atomic E-state index is 13.1. The van der Waals surface area contributed by atoms with Crippen LogP contribution < -0.4 is 10.1 Å². The van der Waals surface area contributed by atoms with Crippen LogP contribution in [0, 0.1) is 18.8 Å². The Morgan fingerprint density at radius 3 is 2.56 bits per heavy atom. The number of alkyl halides is 3. The smallest absolute Gasteiger partial charge is 0.410 e. The Hall–Kier alpha value is -4.74. The number of aryl methyl sites for hydroxylation is 1. The summed E-state index contributed by atoms with van der Waals surface area (Å²) in [7, 11) is 0. The number of hydrogen-bond acceptors (Lipinski definition) is 8. The number of halogens is 3. The van der Waals surface area contributed by atoms with Gasteiger partial charge in [0.1, 0.15) is 17.1 Å². The molecule has 1 aliphatic carbocycles. The highest BCUT2D eigenvalue weighted by molar-refractivity contribution is 5.96. The van der Waals surface area contributed by atoms with Crippen LogP contribution in [0.25, 0.3) is 22.0 Å². The molecule has 0 radical (unpaired) electrons. The number of amides is 1. The molecular formula is C36H38F3N5O4. The number of ether oxygens (including phenoxy) is 2. The van der Waals surface area contributed by atoms with Crippen molar-refractivity contribution in [3.05, 3.63) is 72.1 Å². The maximum absolute atomic E-state index is 13.1. The molecular weight excluding hydrogens is 623 g/mol. The van der Waals surface area contributed by atoms with Crippen molar-refractivity contribution >= 4 is 28.6 Å². The number of piperidine rings is 1. The molecule has 3 atom stereocenters. The van der Waals surface area contributed by atoms with Gasteiger partial charge in [-0.05, 0) is 81.7 Å². The molecule has 2 unspecified atom stereocenters. The average Bonchev–Trinajstić information content (AvgIpc) is 3.85. The summed E-state index contributed by atoms with van der Waals surface area (Å²) in [6, 6.07) is 14.5. The van der Waals surface area contributed by atoms with Crippen molar-refractivity contribution in [2.75, 3.05) is 18.4 Å². The lowest BCUT2D eigenvalue weighted by atomic mass is 9.96. The Morgan fingerprint density at radius 1 is 1.00 bits per heavy atom. The van der Waals surface area contributed by atoms with E-state index in [0.717, 1.165) is 29.2 Å². The van der Waals surface area contributed by atoms with Crippen LogP contribution in [-0.2, 0) is 16.0 Å². The summed E-state index contributed by atoms with van der Waals surface area (Å²) >= 11 is 0. The first-order valence-corrected chi connectivity index (χ1v) is 16.1. The van der Waals surface area contributed by atoms with E-state index in [9.17, 15) is 22.8 Å². The standard InChI is InChI=1S/C36H38F3N5O4/c1-21-12-13-24-22(18-30(45)27-19-28(27)36(37,38)39)8-5-10-25(24)31(21)47-32-26(11-6-15-40-32)29-14-16-41-33(43-29)42-23-9-7-17-44(20-23)34(46)48-35(2,3)4/h5-6,8,10-16,23,27-28H,7,9,17-20H2,1-4H3,(H,41,42,43)/t23-,27?,28?/m0/s1. The highest BCUT2D eigenvalue weighted by atomic mass is 19.4. The lowest BCUT2D eigenvalue weighted by molar-refractivity contribution is -0.154. The molecule has 1 aliphatic heterocycles. The summed E-state index contributed by atoms with van der Waals surface area (Å²) in [6.07, 6.45) is -0.0150. The van der Waals surface area contributed by atoms with Gasteiger partial charge in [-0.2, -0.15) is 13.2 Å². The Balaban J connectivity index is 1.22. The number of benzene rings is 2. The zero-order valence-corrected chi connectivity index (χ0v) is 27.3. The van der Waals surface area contributed by atoms with Gasteiger partial charge >= 0.3 is 12.3 Å². The average molecular weight is 662 g/mol. The zero-order chi connectivity index (χ0) is 34.2. The molecule has 1 N–H and O–H groups in total. The van der Waals surface area contributed by atoms with Crippen molar-refractivity contribution in [1.29, 1.82) is 0 Å². The van der Waals surface area contributed by atoms with Crippen molar-refractivity contribution in [1.82, 2.24) is 19.9 Å². The van der Waals surface area contributed by atoms with Crippen molar-refractivity contribution in [2.24, 2.45) is 11.8 Å². The van der Waals surface area contributed by atoms with E-state index in [4.69, 9.17) is 14.5 Å². The molecule has 1 saturated heterocycles. The van der Waals surface area contributed by atoms with Gasteiger partial charge in [-0.1, -0.05) is 30.3 Å². The van der Waals surface area contributed by atoms with E-state index in [2.05, 4.69) is 15.3 Å². The lowest BCUT2D eigenvalue weighted by Gasteiger charge is -2.34. The molecule has 2 aromatic heterocycles. The zero-order valence-electron chi connectivity index (χ0n) is 27.3. The third-order valence-electron chi connectivity index (χ3n) is 8.60. The number of nitrogens with one attached hydrogen (secondary N) is 1. The van der Waals surface area contributed by atoms with Crippen LogP contribution in [0.15, 0.2) is 60.9 Å². The number of likely N-dealkylation sites (tertiary alicyclic amines) is 1. The fourth-order valence-electron chi connectivity index (χ4n) is 6.14. The number of rotatable bonds is 8. The van der Waals surface area contributed by atoms with E-state index < -0.39 is 29.4 Å². The molecule has 4 aromatic rings. The van der Waals surface area contributed by atoms with Gasteiger partial charge in [-0.15, -0.1) is 0 Å². The van der Waals surface area contributed by atoms with Crippen molar-refractivity contribution in [3.8, 4) is 22.9 Å². The first-order chi connectivity index (χ1) is 22.8. The molecule has 12 heteroatoms. The van der Waals surface area contributed by atoms with Crippen molar-refractivity contribution in [2.45, 2.75) is 71.2 Å². The van der Waals surface area contributed by atoms with Crippen LogP contribution in [0.3, 0.4) is 0 Å². The number of pyridine rings is 1. The van der Waals surface area contributed by atoms with Crippen LogP contribution >= 0.6 is 0 Å². The van der Waals surface area contributed by atoms with E-state index in [1.54, 1.807) is 41.6 Å². The minimum Gasteiger partial charge on any atom is -0.444 e. The number of carbonyl (C=O) groups is 2. The molecule has 6 rings (SSSR count). The molecule has 9 nitrogen and oxygen atoms in total. The Morgan fingerprint density at radius 2 is 1.81 bits per heavy atom. The highest BCUT2D eigenvalue weighted by Gasteiger charge is 2.58. The lowest BCUT2D eigenvalue weighted by Crippen LogP contribution is -2.47. The second-order valence-corrected chi connectivity index (χ2v) is 13.5. The van der Waals surface area contributed by atoms with E-state index >= 15 is 0 Å². The molecule has 2 aliphatic rings. The van der Waals surface area contributed by atoms with Crippen molar-refractivity contribution < 1.29 is 32.2 Å². The van der Waals surface area contributed by atoms with Gasteiger partial charge < -0.3 is 19.7 Å². The number of aromatic nitrogens is 3. The number of anilines is 1. The van der Waals surface area contributed by atoms with Crippen LogP contribution in [0.2, 0.25) is 0 Å². The maximum Gasteiger partial charge on any atom is 0.410 e. The summed E-state index contributed by atoms with van der Waals surface area (Å²) < 4.78 is 51.4. The Bertz CT molecular complexity index is 1840. The second-order valence-electron chi connectivity index (χ2n) is 13.5. The van der Waals surface area contributed by atoms with E-state index in [1.165, 1.54) is 0 Å². The summed E-state index contributed by atoms with van der Waals surface area (Å²) in [5.41, 5.74) is 2.08. The fourth-order valence-corrected chi connectivity index (χ4v) is 6.14. The fraction of sp³-hybridized carbons (Fsp3) is 0.417. The molecule has 2 fully saturated rings. The van der Waals surface area contributed by atoms with E-state index in [1.807, 2.05) is 52.0 Å². The number of ketones is 1. The topological polar surface area (TPSA) is 107 Å². The third kappa shape index (κ3) is 7.53. The van der Waals surface area contributed by atoms with Gasteiger partial charge in [0.25, 0.3) is 0 Å². The second kappa shape index (κ2) is 13.0. The van der Waals surface area contributed by atoms with Gasteiger partial charge in [0, 0.05) is 49.2 Å². The van der Waals surface area contributed by atoms with Crippen LogP contribution in [-0.4, -0.2) is 62.6 Å². The predicted octanol–water partition coefficient (Wildman–Crippen LogP) is 7.91. The Labute approximate surface area is 276 Å². The van der Waals surface area contributed by atoms with Gasteiger partial charge in [0.2, 0.25) is 11.8 Å². The summed E-state index contributed by atoms with van der Waals surface area (Å²) in [4.78, 5) is 40.8.